The molecular weight excluding hydrogens is 236 g/mol. The Hall–Kier alpha value is -0.120. The van der Waals surface area contributed by atoms with Crippen molar-refractivity contribution >= 4 is 0 Å². The molecule has 0 bridgehead atoms. The first-order valence-corrected chi connectivity index (χ1v) is 7.88. The van der Waals surface area contributed by atoms with Gasteiger partial charge in [0.2, 0.25) is 0 Å². The van der Waals surface area contributed by atoms with Crippen molar-refractivity contribution < 1.29 is 5.11 Å². The number of aliphatic hydroxyl groups is 1. The van der Waals surface area contributed by atoms with Crippen LogP contribution in [0.5, 0.6) is 0 Å². The average molecular weight is 270 g/mol. The van der Waals surface area contributed by atoms with Gasteiger partial charge in [0.15, 0.2) is 0 Å². The minimum Gasteiger partial charge on any atom is -0.389 e. The first kappa shape index (κ1) is 16.9. The summed E-state index contributed by atoms with van der Waals surface area (Å²) in [5.41, 5.74) is -0.196. The van der Waals surface area contributed by atoms with Gasteiger partial charge in [-0.2, -0.15) is 0 Å². The Morgan fingerprint density at radius 3 is 2.37 bits per heavy atom. The fourth-order valence-corrected chi connectivity index (χ4v) is 3.44. The highest BCUT2D eigenvalue weighted by Crippen LogP contribution is 2.39. The molecule has 114 valence electrons. The van der Waals surface area contributed by atoms with E-state index in [1.54, 1.807) is 0 Å². The Morgan fingerprint density at radius 2 is 1.89 bits per heavy atom. The fourth-order valence-electron chi connectivity index (χ4n) is 3.44. The molecule has 0 spiro atoms. The molecule has 1 saturated carbocycles. The summed E-state index contributed by atoms with van der Waals surface area (Å²) in [6, 6.07) is 0. The molecule has 1 aliphatic rings. The van der Waals surface area contributed by atoms with E-state index in [9.17, 15) is 5.11 Å². The second-order valence-corrected chi connectivity index (χ2v) is 7.45. The van der Waals surface area contributed by atoms with Crippen molar-refractivity contribution in [2.24, 2.45) is 11.3 Å². The maximum absolute atomic E-state index is 9.96. The maximum Gasteiger partial charge on any atom is 0.0718 e. The zero-order chi connectivity index (χ0) is 14.5. The second-order valence-electron chi connectivity index (χ2n) is 7.45. The fraction of sp³-hybridized carbons (Fsp3) is 1.00. The predicted molar refractivity (Wildman–Crippen MR) is 82.4 cm³/mol. The minimum absolute atomic E-state index is 0.405. The molecule has 1 fully saturated rings. The number of likely N-dealkylation sites (N-methyl/N-ethyl adjacent to an activating group) is 1. The number of rotatable bonds is 7. The quantitative estimate of drug-likeness (QED) is 0.746. The van der Waals surface area contributed by atoms with Gasteiger partial charge in [-0.3, -0.25) is 0 Å². The van der Waals surface area contributed by atoms with Gasteiger partial charge in [0.1, 0.15) is 0 Å². The van der Waals surface area contributed by atoms with E-state index >= 15 is 0 Å². The topological polar surface area (TPSA) is 35.5 Å². The van der Waals surface area contributed by atoms with Gasteiger partial charge in [-0.15, -0.1) is 0 Å². The van der Waals surface area contributed by atoms with Gasteiger partial charge in [0.05, 0.1) is 5.60 Å². The molecule has 0 unspecified atom stereocenters. The molecule has 2 N–H and O–H groups in total. The first-order valence-electron chi connectivity index (χ1n) is 7.88. The Kier molecular flexibility index (Phi) is 6.28. The molecule has 0 atom stereocenters. The molecule has 0 aromatic heterocycles. The van der Waals surface area contributed by atoms with Gasteiger partial charge >= 0.3 is 0 Å². The summed E-state index contributed by atoms with van der Waals surface area (Å²) < 4.78 is 0. The van der Waals surface area contributed by atoms with Gasteiger partial charge in [-0.1, -0.05) is 26.7 Å². The Bertz CT molecular complexity index is 246. The molecule has 0 amide bonds. The molecular formula is C16H34N2O. The van der Waals surface area contributed by atoms with Crippen LogP contribution >= 0.6 is 0 Å². The van der Waals surface area contributed by atoms with Crippen LogP contribution < -0.4 is 5.32 Å². The summed E-state index contributed by atoms with van der Waals surface area (Å²) in [5.74, 6) is 0.884. The van der Waals surface area contributed by atoms with Crippen LogP contribution in [0.4, 0.5) is 0 Å². The maximum atomic E-state index is 9.96. The molecule has 0 aromatic carbocycles. The number of hydrogen-bond acceptors (Lipinski definition) is 3. The van der Waals surface area contributed by atoms with Gasteiger partial charge in [-0.25, -0.2) is 0 Å². The van der Waals surface area contributed by atoms with Crippen LogP contribution in [0.2, 0.25) is 0 Å². The third-order valence-corrected chi connectivity index (χ3v) is 4.35. The number of hydrogen-bond donors (Lipinski definition) is 2. The van der Waals surface area contributed by atoms with Crippen LogP contribution in [0.25, 0.3) is 0 Å². The van der Waals surface area contributed by atoms with Crippen LogP contribution in [0, 0.1) is 11.3 Å². The smallest absolute Gasteiger partial charge is 0.0718 e. The number of nitrogens with one attached hydrogen (secondary N) is 1. The van der Waals surface area contributed by atoms with Gasteiger partial charge in [0.25, 0.3) is 0 Å². The van der Waals surface area contributed by atoms with E-state index in [1.165, 1.54) is 25.7 Å². The van der Waals surface area contributed by atoms with E-state index in [0.29, 0.717) is 5.41 Å². The summed E-state index contributed by atoms with van der Waals surface area (Å²) in [6.45, 7) is 12.3. The molecule has 3 heteroatoms. The van der Waals surface area contributed by atoms with E-state index in [-0.39, 0.29) is 0 Å². The molecule has 1 aliphatic carbocycles. The van der Waals surface area contributed by atoms with Gasteiger partial charge < -0.3 is 15.3 Å². The monoisotopic (exact) mass is 270 g/mol. The van der Waals surface area contributed by atoms with Crippen LogP contribution in [0.1, 0.15) is 53.4 Å². The predicted octanol–water partition coefficient (Wildman–Crippen LogP) is 2.50. The third kappa shape index (κ3) is 6.24. The van der Waals surface area contributed by atoms with E-state index in [2.05, 4.69) is 31.1 Å². The lowest BCUT2D eigenvalue weighted by molar-refractivity contribution is 0.0200. The molecule has 0 heterocycles. The highest BCUT2D eigenvalue weighted by molar-refractivity contribution is 4.89. The largest absolute Gasteiger partial charge is 0.389 e. The van der Waals surface area contributed by atoms with E-state index < -0.39 is 5.60 Å². The standard InChI is InChI=1S/C16H34N2O/c1-6-17-11-16(9-7-14(2)8-10-16)13-18(5)12-15(3,4)19/h14,17,19H,6-13H2,1-5H3. The van der Waals surface area contributed by atoms with E-state index in [1.807, 2.05) is 13.8 Å². The summed E-state index contributed by atoms with van der Waals surface area (Å²) in [5, 5.41) is 13.5. The van der Waals surface area contributed by atoms with Crippen molar-refractivity contribution in [3.8, 4) is 0 Å². The summed E-state index contributed by atoms with van der Waals surface area (Å²) in [6.07, 6.45) is 5.33. The van der Waals surface area contributed by atoms with Crippen LogP contribution in [-0.4, -0.2) is 48.8 Å². The Labute approximate surface area is 119 Å². The lowest BCUT2D eigenvalue weighted by atomic mass is 9.70. The highest BCUT2D eigenvalue weighted by Gasteiger charge is 2.35. The molecule has 3 nitrogen and oxygen atoms in total. The van der Waals surface area contributed by atoms with E-state index in [0.717, 1.165) is 32.1 Å². The van der Waals surface area contributed by atoms with Crippen molar-refractivity contribution in [3.05, 3.63) is 0 Å². The lowest BCUT2D eigenvalue weighted by Gasteiger charge is -2.43. The normalized spacial score (nSPS) is 28.9. The van der Waals surface area contributed by atoms with Crippen molar-refractivity contribution in [2.75, 3.05) is 33.2 Å². The van der Waals surface area contributed by atoms with E-state index in [4.69, 9.17) is 0 Å². The average Bonchev–Trinajstić information content (AvgIpc) is 2.28. The summed E-state index contributed by atoms with van der Waals surface area (Å²) in [7, 11) is 2.14. The second kappa shape index (κ2) is 7.05. The van der Waals surface area contributed by atoms with Gasteiger partial charge in [0, 0.05) is 19.6 Å². The molecule has 0 radical (unpaired) electrons. The zero-order valence-electron chi connectivity index (χ0n) is 13.6. The zero-order valence-corrected chi connectivity index (χ0v) is 13.6. The minimum atomic E-state index is -0.601. The molecule has 0 aliphatic heterocycles. The van der Waals surface area contributed by atoms with Crippen molar-refractivity contribution in [1.29, 1.82) is 0 Å². The molecule has 0 aromatic rings. The summed E-state index contributed by atoms with van der Waals surface area (Å²) in [4.78, 5) is 2.31. The molecule has 1 rings (SSSR count). The molecule has 0 saturated heterocycles. The lowest BCUT2D eigenvalue weighted by Crippen LogP contribution is -2.48. The van der Waals surface area contributed by atoms with Crippen LogP contribution in [0.15, 0.2) is 0 Å². The number of nitrogens with zero attached hydrogens (tertiary/aromatic N) is 1. The molecule has 19 heavy (non-hydrogen) atoms. The van der Waals surface area contributed by atoms with Gasteiger partial charge in [-0.05, 0) is 51.6 Å². The Balaban J connectivity index is 2.58. The van der Waals surface area contributed by atoms with Crippen LogP contribution in [-0.2, 0) is 0 Å². The van der Waals surface area contributed by atoms with Crippen LogP contribution in [0.3, 0.4) is 0 Å². The SMILES string of the molecule is CCNCC1(CN(C)CC(C)(C)O)CCC(C)CC1. The van der Waals surface area contributed by atoms with Crippen molar-refractivity contribution in [3.63, 3.8) is 0 Å². The third-order valence-electron chi connectivity index (χ3n) is 4.35. The Morgan fingerprint density at radius 1 is 1.32 bits per heavy atom. The van der Waals surface area contributed by atoms with Crippen molar-refractivity contribution in [1.82, 2.24) is 10.2 Å². The first-order chi connectivity index (χ1) is 8.76. The highest BCUT2D eigenvalue weighted by atomic mass is 16.3. The van der Waals surface area contributed by atoms with Crippen molar-refractivity contribution in [2.45, 2.75) is 59.0 Å². The summed E-state index contributed by atoms with van der Waals surface area (Å²) >= 11 is 0.